The number of ketones is 1. The van der Waals surface area contributed by atoms with Gasteiger partial charge in [-0.25, -0.2) is 0 Å². The fourth-order valence-corrected chi connectivity index (χ4v) is 4.04. The van der Waals surface area contributed by atoms with Crippen LogP contribution in [0.5, 0.6) is 11.5 Å². The summed E-state index contributed by atoms with van der Waals surface area (Å²) in [7, 11) is 0. The maximum absolute atomic E-state index is 12.2. The number of carbonyl (C=O) groups excluding carboxylic acids is 2. The SMILES string of the molecule is CC(C=C[C@@]1(C)[C@H](C)CCC(=O)[C@@H]1C)=CCc1c(O)c(Cl)c(C)c(C=O)c1O. The number of carbonyl (C=O) groups is 2. The van der Waals surface area contributed by atoms with Gasteiger partial charge in [0.1, 0.15) is 17.3 Å². The predicted molar refractivity (Wildman–Crippen MR) is 112 cm³/mol. The molecule has 0 aromatic heterocycles. The highest BCUT2D eigenvalue weighted by Crippen LogP contribution is 2.45. The van der Waals surface area contributed by atoms with Crippen LogP contribution in [-0.4, -0.2) is 22.3 Å². The second kappa shape index (κ2) is 8.52. The number of rotatable bonds is 5. The van der Waals surface area contributed by atoms with Crippen molar-refractivity contribution in [1.82, 2.24) is 0 Å². The largest absolute Gasteiger partial charge is 0.507 e. The average Bonchev–Trinajstić information content (AvgIpc) is 2.66. The normalized spacial score (nSPS) is 26.1. The lowest BCUT2D eigenvalue weighted by atomic mass is 9.61. The molecule has 0 saturated heterocycles. The molecule has 28 heavy (non-hydrogen) atoms. The van der Waals surface area contributed by atoms with Crippen LogP contribution in [0.4, 0.5) is 0 Å². The molecule has 0 spiro atoms. The quantitative estimate of drug-likeness (QED) is 0.497. The molecule has 1 aromatic rings. The van der Waals surface area contributed by atoms with E-state index in [4.69, 9.17) is 11.6 Å². The smallest absolute Gasteiger partial charge is 0.154 e. The fourth-order valence-electron chi connectivity index (χ4n) is 3.83. The molecule has 0 aliphatic heterocycles. The molecular formula is C23H29ClO4. The van der Waals surface area contributed by atoms with Gasteiger partial charge in [0, 0.05) is 17.9 Å². The van der Waals surface area contributed by atoms with Crippen LogP contribution in [-0.2, 0) is 11.2 Å². The van der Waals surface area contributed by atoms with E-state index >= 15 is 0 Å². The number of phenolic OH excluding ortho intramolecular Hbond substituents is 2. The van der Waals surface area contributed by atoms with Crippen LogP contribution in [0.15, 0.2) is 23.8 Å². The standard InChI is InChI=1S/C23H29ClO4/c1-13(10-11-23(5)14(2)7-9-19(26)16(23)4)6-8-17-21(27)18(12-25)15(3)20(24)22(17)28/h6,10-12,14,16,27-28H,7-9H2,1-5H3/t14-,16+,23+/m1/s1. The zero-order valence-corrected chi connectivity index (χ0v) is 17.9. The summed E-state index contributed by atoms with van der Waals surface area (Å²) in [5.74, 6) is 0.233. The summed E-state index contributed by atoms with van der Waals surface area (Å²) in [5, 5.41) is 20.7. The van der Waals surface area contributed by atoms with Gasteiger partial charge in [-0.05, 0) is 43.6 Å². The van der Waals surface area contributed by atoms with Crippen LogP contribution < -0.4 is 0 Å². The highest BCUT2D eigenvalue weighted by atomic mass is 35.5. The van der Waals surface area contributed by atoms with Gasteiger partial charge in [-0.15, -0.1) is 0 Å². The van der Waals surface area contributed by atoms with Crippen LogP contribution in [0.2, 0.25) is 5.02 Å². The summed E-state index contributed by atoms with van der Waals surface area (Å²) < 4.78 is 0. The second-order valence-electron chi connectivity index (χ2n) is 8.13. The zero-order chi connectivity index (χ0) is 21.2. The van der Waals surface area contributed by atoms with Crippen molar-refractivity contribution in [2.75, 3.05) is 0 Å². The number of Topliss-reactive ketones (excluding diaryl/α,β-unsaturated/α-hetero) is 1. The summed E-state index contributed by atoms with van der Waals surface area (Å²) in [4.78, 5) is 23.4. The Bertz CT molecular complexity index is 853. The van der Waals surface area contributed by atoms with Crippen molar-refractivity contribution in [2.45, 2.75) is 53.9 Å². The third-order valence-corrected chi connectivity index (χ3v) is 6.98. The number of benzene rings is 1. The maximum Gasteiger partial charge on any atom is 0.154 e. The molecule has 1 aliphatic carbocycles. The Morgan fingerprint density at radius 3 is 2.54 bits per heavy atom. The minimum Gasteiger partial charge on any atom is -0.507 e. The van der Waals surface area contributed by atoms with Crippen LogP contribution in [0.25, 0.3) is 0 Å². The number of aldehydes is 1. The van der Waals surface area contributed by atoms with Gasteiger partial charge in [0.25, 0.3) is 0 Å². The molecule has 1 aliphatic rings. The zero-order valence-electron chi connectivity index (χ0n) is 17.2. The van der Waals surface area contributed by atoms with Crippen LogP contribution in [0, 0.1) is 24.2 Å². The molecule has 0 amide bonds. The van der Waals surface area contributed by atoms with E-state index in [9.17, 15) is 19.8 Å². The minimum atomic E-state index is -0.241. The first-order chi connectivity index (χ1) is 13.0. The molecule has 1 saturated carbocycles. The number of phenols is 2. The third-order valence-electron chi connectivity index (χ3n) is 6.52. The summed E-state index contributed by atoms with van der Waals surface area (Å²) in [6.45, 7) is 9.79. The number of hydrogen-bond donors (Lipinski definition) is 2. The third kappa shape index (κ3) is 4.02. The molecule has 3 atom stereocenters. The van der Waals surface area contributed by atoms with Gasteiger partial charge in [0.2, 0.25) is 0 Å². The lowest BCUT2D eigenvalue weighted by Crippen LogP contribution is -2.40. The van der Waals surface area contributed by atoms with E-state index in [-0.39, 0.29) is 45.4 Å². The van der Waals surface area contributed by atoms with Crippen molar-refractivity contribution >= 4 is 23.7 Å². The van der Waals surface area contributed by atoms with Gasteiger partial charge >= 0.3 is 0 Å². The molecular weight excluding hydrogens is 376 g/mol. The van der Waals surface area contributed by atoms with Gasteiger partial charge in [0.05, 0.1) is 10.6 Å². The molecule has 4 nitrogen and oxygen atoms in total. The monoisotopic (exact) mass is 404 g/mol. The van der Waals surface area contributed by atoms with Gasteiger partial charge in [0.15, 0.2) is 6.29 Å². The molecule has 0 heterocycles. The Labute approximate surface area is 171 Å². The van der Waals surface area contributed by atoms with Crippen LogP contribution >= 0.6 is 11.6 Å². The molecule has 2 N–H and O–H groups in total. The summed E-state index contributed by atoms with van der Waals surface area (Å²) >= 11 is 6.09. The Morgan fingerprint density at radius 1 is 1.29 bits per heavy atom. The highest BCUT2D eigenvalue weighted by molar-refractivity contribution is 6.33. The van der Waals surface area contributed by atoms with E-state index < -0.39 is 0 Å². The van der Waals surface area contributed by atoms with E-state index in [1.807, 2.05) is 26.0 Å². The predicted octanol–water partition coefficient (Wildman–Crippen LogP) is 5.56. The summed E-state index contributed by atoms with van der Waals surface area (Å²) in [5.41, 5.74) is 1.41. The fraction of sp³-hybridized carbons (Fsp3) is 0.478. The van der Waals surface area contributed by atoms with Gasteiger partial charge in [-0.2, -0.15) is 0 Å². The molecule has 0 unspecified atom stereocenters. The van der Waals surface area contributed by atoms with Crippen molar-refractivity contribution in [2.24, 2.45) is 17.3 Å². The first-order valence-electron chi connectivity index (χ1n) is 9.61. The molecule has 1 fully saturated rings. The molecule has 2 rings (SSSR count). The lowest BCUT2D eigenvalue weighted by molar-refractivity contribution is -0.129. The topological polar surface area (TPSA) is 74.6 Å². The number of allylic oxidation sites excluding steroid dienone is 4. The van der Waals surface area contributed by atoms with Gasteiger partial charge in [-0.1, -0.05) is 56.2 Å². The van der Waals surface area contributed by atoms with E-state index in [2.05, 4.69) is 19.9 Å². The first kappa shape index (κ1) is 22.2. The molecule has 1 aromatic carbocycles. The molecule has 5 heteroatoms. The first-order valence-corrected chi connectivity index (χ1v) is 9.99. The van der Waals surface area contributed by atoms with Crippen molar-refractivity contribution in [3.05, 3.63) is 45.5 Å². The van der Waals surface area contributed by atoms with Crippen molar-refractivity contribution in [3.63, 3.8) is 0 Å². The van der Waals surface area contributed by atoms with Crippen LogP contribution in [0.1, 0.15) is 62.0 Å². The summed E-state index contributed by atoms with van der Waals surface area (Å²) in [6, 6.07) is 0. The molecule has 0 bridgehead atoms. The lowest BCUT2D eigenvalue weighted by Gasteiger charge is -2.42. The van der Waals surface area contributed by atoms with Gasteiger partial charge < -0.3 is 10.2 Å². The van der Waals surface area contributed by atoms with Crippen molar-refractivity contribution < 1.29 is 19.8 Å². The van der Waals surface area contributed by atoms with E-state index in [0.29, 0.717) is 30.0 Å². The Morgan fingerprint density at radius 2 is 1.93 bits per heavy atom. The maximum atomic E-state index is 12.2. The van der Waals surface area contributed by atoms with Gasteiger partial charge in [-0.3, -0.25) is 9.59 Å². The Hall–Kier alpha value is -2.07. The number of halogens is 1. The van der Waals surface area contributed by atoms with Crippen molar-refractivity contribution in [1.29, 1.82) is 0 Å². The Balaban J connectivity index is 2.28. The highest BCUT2D eigenvalue weighted by Gasteiger charge is 2.41. The minimum absolute atomic E-state index is 0.0283. The van der Waals surface area contributed by atoms with Crippen LogP contribution in [0.3, 0.4) is 0 Å². The average molecular weight is 405 g/mol. The summed E-state index contributed by atoms with van der Waals surface area (Å²) in [6.07, 6.45) is 8.25. The van der Waals surface area contributed by atoms with E-state index in [1.165, 1.54) is 0 Å². The van der Waals surface area contributed by atoms with E-state index in [1.54, 1.807) is 6.92 Å². The number of hydrogen-bond acceptors (Lipinski definition) is 4. The van der Waals surface area contributed by atoms with Crippen molar-refractivity contribution in [3.8, 4) is 11.5 Å². The van der Waals surface area contributed by atoms with E-state index in [0.717, 1.165) is 12.0 Å². The molecule has 152 valence electrons. The number of aromatic hydroxyl groups is 2. The second-order valence-corrected chi connectivity index (χ2v) is 8.50. The molecule has 0 radical (unpaired) electrons. The Kier molecular flexibility index (Phi) is 6.76.